The van der Waals surface area contributed by atoms with Crippen LogP contribution in [0.4, 0.5) is 10.1 Å². The summed E-state index contributed by atoms with van der Waals surface area (Å²) in [5, 5.41) is 3.24. The molecule has 5 heteroatoms. The number of carbonyl (C=O) groups is 1. The second-order valence-corrected chi connectivity index (χ2v) is 4.12. The molecule has 1 heterocycles. The van der Waals surface area contributed by atoms with Crippen LogP contribution in [0.3, 0.4) is 0 Å². The summed E-state index contributed by atoms with van der Waals surface area (Å²) < 4.78 is 18.2. The van der Waals surface area contributed by atoms with Gasteiger partial charge in [0.2, 0.25) is 0 Å². The van der Waals surface area contributed by atoms with Crippen LogP contribution in [0.25, 0.3) is 0 Å². The van der Waals surface area contributed by atoms with E-state index in [-0.39, 0.29) is 6.61 Å². The minimum absolute atomic E-state index is 0.288. The lowest BCUT2D eigenvalue weighted by Gasteiger charge is -2.30. The zero-order chi connectivity index (χ0) is 13.0. The molecule has 1 fully saturated rings. The highest BCUT2D eigenvalue weighted by Crippen LogP contribution is 2.23. The number of halogens is 1. The molecule has 1 N–H and O–H groups in total. The van der Waals surface area contributed by atoms with Crippen LogP contribution < -0.4 is 10.2 Å². The summed E-state index contributed by atoms with van der Waals surface area (Å²) in [6, 6.07) is 4.27. The molecule has 1 aromatic carbocycles. The van der Waals surface area contributed by atoms with Crippen molar-refractivity contribution in [1.82, 2.24) is 5.32 Å². The number of hydrogen-bond donors (Lipinski definition) is 1. The molecule has 0 bridgehead atoms. The third-order valence-electron chi connectivity index (χ3n) is 2.91. The lowest BCUT2D eigenvalue weighted by molar-refractivity contribution is 0.0526. The highest BCUT2D eigenvalue weighted by Gasteiger charge is 2.19. The first-order chi connectivity index (χ1) is 8.72. The molecule has 0 radical (unpaired) electrons. The zero-order valence-corrected chi connectivity index (χ0v) is 10.4. The molecule has 18 heavy (non-hydrogen) atoms. The van der Waals surface area contributed by atoms with Gasteiger partial charge in [0.05, 0.1) is 17.9 Å². The number of piperazine rings is 1. The lowest BCUT2D eigenvalue weighted by Crippen LogP contribution is -2.44. The van der Waals surface area contributed by atoms with E-state index in [1.165, 1.54) is 12.1 Å². The highest BCUT2D eigenvalue weighted by molar-refractivity contribution is 5.96. The van der Waals surface area contributed by atoms with Crippen LogP contribution in [0.15, 0.2) is 18.2 Å². The summed E-state index contributed by atoms with van der Waals surface area (Å²) in [6.07, 6.45) is 0. The molecule has 1 aromatic rings. The van der Waals surface area contributed by atoms with E-state index in [0.29, 0.717) is 5.56 Å². The van der Waals surface area contributed by atoms with E-state index in [1.54, 1.807) is 13.0 Å². The number of benzene rings is 1. The second kappa shape index (κ2) is 5.82. The van der Waals surface area contributed by atoms with Crippen LogP contribution in [-0.4, -0.2) is 38.8 Å². The van der Waals surface area contributed by atoms with Crippen LogP contribution in [0.5, 0.6) is 0 Å². The Labute approximate surface area is 106 Å². The van der Waals surface area contributed by atoms with Crippen molar-refractivity contribution >= 4 is 11.7 Å². The third kappa shape index (κ3) is 2.79. The van der Waals surface area contributed by atoms with Gasteiger partial charge in [-0.3, -0.25) is 0 Å². The quantitative estimate of drug-likeness (QED) is 0.826. The summed E-state index contributed by atoms with van der Waals surface area (Å²) in [5.41, 5.74) is 1.05. The molecule has 98 valence electrons. The second-order valence-electron chi connectivity index (χ2n) is 4.12. The summed E-state index contributed by atoms with van der Waals surface area (Å²) in [4.78, 5) is 13.9. The Hall–Kier alpha value is -1.62. The maximum Gasteiger partial charge on any atom is 0.340 e. The molecule has 0 aliphatic carbocycles. The van der Waals surface area contributed by atoms with Crippen molar-refractivity contribution in [3.63, 3.8) is 0 Å². The van der Waals surface area contributed by atoms with Gasteiger partial charge in [0.15, 0.2) is 0 Å². The Kier molecular flexibility index (Phi) is 4.15. The Morgan fingerprint density at radius 1 is 1.44 bits per heavy atom. The number of nitrogens with zero attached hydrogens (tertiary/aromatic N) is 1. The number of esters is 1. The average molecular weight is 252 g/mol. The topological polar surface area (TPSA) is 41.6 Å². The summed E-state index contributed by atoms with van der Waals surface area (Å²) in [7, 11) is 0. The van der Waals surface area contributed by atoms with Gasteiger partial charge < -0.3 is 15.0 Å². The normalized spacial score (nSPS) is 15.6. The number of nitrogens with one attached hydrogen (secondary N) is 1. The molecule has 0 spiro atoms. The number of carbonyl (C=O) groups excluding carboxylic acids is 1. The smallest absolute Gasteiger partial charge is 0.340 e. The molecular formula is C13H17FN2O2. The molecule has 0 aromatic heterocycles. The minimum atomic E-state index is -0.467. The maximum atomic E-state index is 13.3. The fraction of sp³-hybridized carbons (Fsp3) is 0.462. The molecular weight excluding hydrogens is 235 g/mol. The summed E-state index contributed by atoms with van der Waals surface area (Å²) in [5.74, 6) is -0.887. The van der Waals surface area contributed by atoms with Gasteiger partial charge >= 0.3 is 5.97 Å². The Balaban J connectivity index is 2.30. The van der Waals surface area contributed by atoms with Crippen LogP contribution in [-0.2, 0) is 4.74 Å². The van der Waals surface area contributed by atoms with Crippen molar-refractivity contribution in [1.29, 1.82) is 0 Å². The van der Waals surface area contributed by atoms with Gasteiger partial charge in [-0.1, -0.05) is 0 Å². The fourth-order valence-corrected chi connectivity index (χ4v) is 2.06. The minimum Gasteiger partial charge on any atom is -0.462 e. The van der Waals surface area contributed by atoms with Gasteiger partial charge in [-0.25, -0.2) is 9.18 Å². The number of anilines is 1. The maximum absolute atomic E-state index is 13.3. The van der Waals surface area contributed by atoms with Crippen LogP contribution >= 0.6 is 0 Å². The van der Waals surface area contributed by atoms with Gasteiger partial charge in [0.25, 0.3) is 0 Å². The van der Waals surface area contributed by atoms with Crippen molar-refractivity contribution in [2.45, 2.75) is 6.92 Å². The average Bonchev–Trinajstić information content (AvgIpc) is 2.40. The Morgan fingerprint density at radius 2 is 2.17 bits per heavy atom. The van der Waals surface area contributed by atoms with E-state index in [2.05, 4.69) is 10.2 Å². The molecule has 1 aliphatic heterocycles. The first-order valence-electron chi connectivity index (χ1n) is 6.14. The molecule has 4 nitrogen and oxygen atoms in total. The third-order valence-corrected chi connectivity index (χ3v) is 2.91. The lowest BCUT2D eigenvalue weighted by atomic mass is 10.1. The SMILES string of the molecule is CCOC(=O)c1cc(F)ccc1N1CCNCC1. The molecule has 1 aliphatic rings. The van der Waals surface area contributed by atoms with Gasteiger partial charge in [-0.05, 0) is 25.1 Å². The van der Waals surface area contributed by atoms with Gasteiger partial charge in [-0.15, -0.1) is 0 Å². The largest absolute Gasteiger partial charge is 0.462 e. The van der Waals surface area contributed by atoms with Crippen LogP contribution in [0.2, 0.25) is 0 Å². The Bertz CT molecular complexity index is 431. The van der Waals surface area contributed by atoms with Crippen molar-refractivity contribution in [2.24, 2.45) is 0 Å². The van der Waals surface area contributed by atoms with E-state index in [4.69, 9.17) is 4.74 Å². The van der Waals surface area contributed by atoms with Gasteiger partial charge in [0.1, 0.15) is 5.82 Å². The highest BCUT2D eigenvalue weighted by atomic mass is 19.1. The molecule has 1 saturated heterocycles. The van der Waals surface area contributed by atoms with E-state index in [0.717, 1.165) is 31.9 Å². The van der Waals surface area contributed by atoms with Crippen molar-refractivity contribution in [3.05, 3.63) is 29.6 Å². The van der Waals surface area contributed by atoms with Gasteiger partial charge in [-0.2, -0.15) is 0 Å². The van der Waals surface area contributed by atoms with E-state index >= 15 is 0 Å². The van der Waals surface area contributed by atoms with Crippen molar-refractivity contribution in [2.75, 3.05) is 37.7 Å². The predicted octanol–water partition coefficient (Wildman–Crippen LogP) is 1.41. The number of ether oxygens (including phenoxy) is 1. The first-order valence-corrected chi connectivity index (χ1v) is 6.14. The molecule has 0 unspecified atom stereocenters. The summed E-state index contributed by atoms with van der Waals surface area (Å²) in [6.45, 7) is 5.35. The first kappa shape index (κ1) is 12.8. The van der Waals surface area contributed by atoms with Crippen molar-refractivity contribution < 1.29 is 13.9 Å². The Morgan fingerprint density at radius 3 is 2.83 bits per heavy atom. The molecule has 0 atom stereocenters. The number of rotatable bonds is 3. The van der Waals surface area contributed by atoms with Crippen molar-refractivity contribution in [3.8, 4) is 0 Å². The van der Waals surface area contributed by atoms with Gasteiger partial charge in [0, 0.05) is 26.2 Å². The van der Waals surface area contributed by atoms with Crippen LogP contribution in [0, 0.1) is 5.82 Å². The predicted molar refractivity (Wildman–Crippen MR) is 67.4 cm³/mol. The standard InChI is InChI=1S/C13H17FN2O2/c1-2-18-13(17)11-9-10(14)3-4-12(11)16-7-5-15-6-8-16/h3-4,9,15H,2,5-8H2,1H3. The molecule has 2 rings (SSSR count). The van der Waals surface area contributed by atoms with E-state index < -0.39 is 11.8 Å². The molecule has 0 amide bonds. The van der Waals surface area contributed by atoms with Crippen LogP contribution in [0.1, 0.15) is 17.3 Å². The fourth-order valence-electron chi connectivity index (χ4n) is 2.06. The monoisotopic (exact) mass is 252 g/mol. The molecule has 0 saturated carbocycles. The van der Waals surface area contributed by atoms with E-state index in [1.807, 2.05) is 0 Å². The van der Waals surface area contributed by atoms with E-state index in [9.17, 15) is 9.18 Å². The summed E-state index contributed by atoms with van der Waals surface area (Å²) >= 11 is 0. The number of hydrogen-bond acceptors (Lipinski definition) is 4. The zero-order valence-electron chi connectivity index (χ0n) is 10.4.